The van der Waals surface area contributed by atoms with E-state index in [-0.39, 0.29) is 23.0 Å². The highest BCUT2D eigenvalue weighted by atomic mass is 32.2. The maximum atomic E-state index is 10.4. The highest BCUT2D eigenvalue weighted by Gasteiger charge is 2.48. The molecular formula is C18H21N5O2S. The Labute approximate surface area is 155 Å². The average molecular weight is 371 g/mol. The van der Waals surface area contributed by atoms with E-state index in [0.717, 1.165) is 17.2 Å². The minimum Gasteiger partial charge on any atom is -0.507 e. The molecule has 0 spiro atoms. The van der Waals surface area contributed by atoms with Gasteiger partial charge in [0.1, 0.15) is 10.8 Å². The third-order valence-electron chi connectivity index (χ3n) is 5.44. The lowest BCUT2D eigenvalue weighted by atomic mass is 9.88. The second-order valence-corrected chi connectivity index (χ2v) is 8.45. The quantitative estimate of drug-likeness (QED) is 0.764. The molecule has 1 aromatic heterocycles. The summed E-state index contributed by atoms with van der Waals surface area (Å²) in [6.45, 7) is 2.27. The predicted octanol–water partition coefficient (Wildman–Crippen LogP) is 2.16. The molecular weight excluding hydrogens is 350 g/mol. The molecule has 8 heteroatoms. The molecule has 26 heavy (non-hydrogen) atoms. The van der Waals surface area contributed by atoms with Crippen LogP contribution in [0.5, 0.6) is 5.75 Å². The number of phenolic OH excluding ortho intramolecular Hbond substituents is 1. The smallest absolute Gasteiger partial charge is 0.197 e. The van der Waals surface area contributed by atoms with Gasteiger partial charge in [-0.15, -0.1) is 0 Å². The Morgan fingerprint density at radius 2 is 2.35 bits per heavy atom. The van der Waals surface area contributed by atoms with Gasteiger partial charge in [-0.25, -0.2) is 4.98 Å². The molecule has 0 saturated carbocycles. The maximum Gasteiger partial charge on any atom is 0.197 e. The van der Waals surface area contributed by atoms with Crippen LogP contribution in [0, 0.1) is 0 Å². The summed E-state index contributed by atoms with van der Waals surface area (Å²) in [6.07, 6.45) is 8.89. The van der Waals surface area contributed by atoms with Gasteiger partial charge in [0.15, 0.2) is 5.56 Å². The molecule has 0 amide bonds. The van der Waals surface area contributed by atoms with E-state index in [0.29, 0.717) is 11.6 Å². The van der Waals surface area contributed by atoms with Crippen molar-refractivity contribution in [1.29, 1.82) is 0 Å². The van der Waals surface area contributed by atoms with Crippen molar-refractivity contribution >= 4 is 16.8 Å². The normalized spacial score (nSPS) is 32.7. The van der Waals surface area contributed by atoms with Crippen LogP contribution in [0.1, 0.15) is 31.7 Å². The van der Waals surface area contributed by atoms with Gasteiger partial charge in [-0.05, 0) is 50.1 Å². The Balaban J connectivity index is 1.26. The Hall–Kier alpha value is -2.03. The molecule has 5 rings (SSSR count). The number of fused-ring (bicyclic) bond motifs is 2. The standard InChI is InChI=1S/C18H21N5O2S/c1-18-5-4-13(20-18)15(9-18)25-17-22-21-16(26-17)12-3-2-11(8-14(12)24)23-7-6-19-10-23/h2-3,6-8,10,13,15,17,20,22,24H,4-5,9H2,1H3/t13?,15-,17?,18?/m0/s1. The lowest BCUT2D eigenvalue weighted by molar-refractivity contribution is 0.00499. The topological polar surface area (TPSA) is 83.7 Å². The first kappa shape index (κ1) is 16.2. The number of hydrogen-bond acceptors (Lipinski definition) is 7. The molecule has 3 aliphatic heterocycles. The van der Waals surface area contributed by atoms with E-state index in [1.807, 2.05) is 22.9 Å². The fourth-order valence-corrected chi connectivity index (χ4v) is 5.03. The maximum absolute atomic E-state index is 10.4. The molecule has 0 radical (unpaired) electrons. The summed E-state index contributed by atoms with van der Waals surface area (Å²) in [5, 5.41) is 19.2. The van der Waals surface area contributed by atoms with Crippen LogP contribution in [-0.2, 0) is 4.74 Å². The summed E-state index contributed by atoms with van der Waals surface area (Å²) in [5.41, 5.74) is 4.62. The zero-order valence-electron chi connectivity index (χ0n) is 14.4. The van der Waals surface area contributed by atoms with Crippen molar-refractivity contribution in [2.24, 2.45) is 5.10 Å². The number of nitrogens with zero attached hydrogens (tertiary/aromatic N) is 3. The lowest BCUT2D eigenvalue weighted by Gasteiger charge is -2.26. The highest BCUT2D eigenvalue weighted by molar-refractivity contribution is 8.15. The van der Waals surface area contributed by atoms with E-state index in [2.05, 4.69) is 27.8 Å². The number of hydrogen-bond donors (Lipinski definition) is 3. The van der Waals surface area contributed by atoms with Gasteiger partial charge in [-0.3, -0.25) is 5.43 Å². The van der Waals surface area contributed by atoms with Crippen molar-refractivity contribution in [3.63, 3.8) is 0 Å². The minimum atomic E-state index is -0.215. The van der Waals surface area contributed by atoms with Crippen LogP contribution in [0.15, 0.2) is 42.0 Å². The van der Waals surface area contributed by atoms with Crippen molar-refractivity contribution in [2.75, 3.05) is 0 Å². The number of ether oxygens (including phenoxy) is 1. The van der Waals surface area contributed by atoms with Gasteiger partial charge in [-0.2, -0.15) is 5.10 Å². The number of phenols is 1. The van der Waals surface area contributed by atoms with Crippen molar-refractivity contribution < 1.29 is 9.84 Å². The van der Waals surface area contributed by atoms with Crippen LogP contribution in [0.25, 0.3) is 5.69 Å². The van der Waals surface area contributed by atoms with Gasteiger partial charge < -0.3 is 19.7 Å². The van der Waals surface area contributed by atoms with E-state index in [4.69, 9.17) is 4.74 Å². The molecule has 2 bridgehead atoms. The van der Waals surface area contributed by atoms with Crippen LogP contribution >= 0.6 is 11.8 Å². The molecule has 3 unspecified atom stereocenters. The molecule has 4 atom stereocenters. The number of aromatic hydroxyl groups is 1. The summed E-state index contributed by atoms with van der Waals surface area (Å²) < 4.78 is 8.07. The highest BCUT2D eigenvalue weighted by Crippen LogP contribution is 2.40. The van der Waals surface area contributed by atoms with Crippen molar-refractivity contribution in [1.82, 2.24) is 20.3 Å². The second kappa shape index (κ2) is 6.00. The monoisotopic (exact) mass is 371 g/mol. The number of aromatic nitrogens is 2. The van der Waals surface area contributed by atoms with Gasteiger partial charge in [0.05, 0.1) is 23.7 Å². The SMILES string of the molecule is CC12CCC(N1)[C@@H](OC1NN=C(c3ccc(-n4ccnc4)cc3O)S1)C2. The minimum absolute atomic E-state index is 0.194. The van der Waals surface area contributed by atoms with E-state index in [1.54, 1.807) is 18.6 Å². The first-order chi connectivity index (χ1) is 12.6. The molecule has 2 fully saturated rings. The third-order valence-corrected chi connectivity index (χ3v) is 6.41. The number of nitrogens with one attached hydrogen (secondary N) is 2. The van der Waals surface area contributed by atoms with E-state index >= 15 is 0 Å². The van der Waals surface area contributed by atoms with E-state index in [1.165, 1.54) is 24.6 Å². The molecule has 3 aliphatic rings. The first-order valence-corrected chi connectivity index (χ1v) is 9.72. The van der Waals surface area contributed by atoms with Crippen LogP contribution in [-0.4, -0.2) is 42.9 Å². The largest absolute Gasteiger partial charge is 0.507 e. The zero-order valence-corrected chi connectivity index (χ0v) is 15.2. The number of hydrazone groups is 1. The van der Waals surface area contributed by atoms with Crippen LogP contribution in [0.2, 0.25) is 0 Å². The van der Waals surface area contributed by atoms with Crippen molar-refractivity contribution in [3.8, 4) is 11.4 Å². The number of rotatable bonds is 4. The van der Waals surface area contributed by atoms with E-state index < -0.39 is 0 Å². The first-order valence-electron chi connectivity index (χ1n) is 8.84. The van der Waals surface area contributed by atoms with Gasteiger partial charge in [0.25, 0.3) is 0 Å². The molecule has 2 aromatic rings. The zero-order chi connectivity index (χ0) is 17.7. The summed E-state index contributed by atoms with van der Waals surface area (Å²) in [4.78, 5) is 4.03. The summed E-state index contributed by atoms with van der Waals surface area (Å²) in [6, 6.07) is 5.97. The van der Waals surface area contributed by atoms with Gasteiger partial charge >= 0.3 is 0 Å². The van der Waals surface area contributed by atoms with Crippen molar-refractivity contribution in [2.45, 2.75) is 49.4 Å². The predicted molar refractivity (Wildman–Crippen MR) is 100 cm³/mol. The van der Waals surface area contributed by atoms with Gasteiger partial charge in [0.2, 0.25) is 0 Å². The number of imidazole rings is 1. The van der Waals surface area contributed by atoms with E-state index in [9.17, 15) is 5.11 Å². The fourth-order valence-electron chi connectivity index (χ4n) is 4.11. The molecule has 3 N–H and O–H groups in total. The number of thioether (sulfide) groups is 1. The molecule has 2 saturated heterocycles. The average Bonchev–Trinajstić information content (AvgIpc) is 3.38. The molecule has 136 valence electrons. The Morgan fingerprint density at radius 1 is 1.42 bits per heavy atom. The Morgan fingerprint density at radius 3 is 3.04 bits per heavy atom. The van der Waals surface area contributed by atoms with Gasteiger partial charge in [0, 0.05) is 30.0 Å². The summed E-state index contributed by atoms with van der Waals surface area (Å²) >= 11 is 1.50. The fraction of sp³-hybridized carbons (Fsp3) is 0.444. The Bertz CT molecular complexity index is 855. The third kappa shape index (κ3) is 2.78. The molecule has 0 aliphatic carbocycles. The van der Waals surface area contributed by atoms with Crippen LogP contribution < -0.4 is 10.7 Å². The molecule has 7 nitrogen and oxygen atoms in total. The second-order valence-electron chi connectivity index (χ2n) is 7.40. The molecule has 1 aromatic carbocycles. The van der Waals surface area contributed by atoms with Crippen LogP contribution in [0.4, 0.5) is 0 Å². The van der Waals surface area contributed by atoms with Crippen LogP contribution in [0.3, 0.4) is 0 Å². The lowest BCUT2D eigenvalue weighted by Crippen LogP contribution is -2.35. The summed E-state index contributed by atoms with van der Waals surface area (Å²) in [7, 11) is 0. The molecule has 4 heterocycles. The van der Waals surface area contributed by atoms with Crippen molar-refractivity contribution in [3.05, 3.63) is 42.5 Å². The van der Waals surface area contributed by atoms with Gasteiger partial charge in [-0.1, -0.05) is 0 Å². The summed E-state index contributed by atoms with van der Waals surface area (Å²) in [5.74, 6) is 0.194. The number of benzene rings is 1. The Kier molecular flexibility index (Phi) is 3.73.